The molecule has 0 spiro atoms. The summed E-state index contributed by atoms with van der Waals surface area (Å²) in [4.78, 5) is 2.30. The summed E-state index contributed by atoms with van der Waals surface area (Å²) in [6.07, 6.45) is 1.09. The fraction of sp³-hybridized carbons (Fsp3) is 0.625. The third-order valence-electron chi connectivity index (χ3n) is 3.07. The summed E-state index contributed by atoms with van der Waals surface area (Å²) >= 11 is 0. The normalized spacial score (nSPS) is 11.7. The molecule has 0 saturated carbocycles. The van der Waals surface area contributed by atoms with Crippen molar-refractivity contribution in [2.24, 2.45) is 0 Å². The van der Waals surface area contributed by atoms with Crippen molar-refractivity contribution in [3.8, 4) is 0 Å². The van der Waals surface area contributed by atoms with Crippen LogP contribution in [0.3, 0.4) is 0 Å². The summed E-state index contributed by atoms with van der Waals surface area (Å²) in [5, 5.41) is 3.43. The number of rotatable bonds is 6. The van der Waals surface area contributed by atoms with Crippen molar-refractivity contribution < 1.29 is 4.39 Å². The zero-order valence-corrected chi connectivity index (χ0v) is 12.9. The van der Waals surface area contributed by atoms with Crippen LogP contribution in [0.15, 0.2) is 18.2 Å². The Morgan fingerprint density at radius 1 is 1.21 bits per heavy atom. The molecule has 19 heavy (non-hydrogen) atoms. The molecule has 0 heterocycles. The van der Waals surface area contributed by atoms with Gasteiger partial charge in [0, 0.05) is 30.9 Å². The lowest BCUT2D eigenvalue weighted by Crippen LogP contribution is -2.36. The topological polar surface area (TPSA) is 15.3 Å². The van der Waals surface area contributed by atoms with Gasteiger partial charge < -0.3 is 10.2 Å². The van der Waals surface area contributed by atoms with Crippen molar-refractivity contribution in [3.05, 3.63) is 29.6 Å². The number of hydrogen-bond acceptors (Lipinski definition) is 2. The minimum atomic E-state index is -0.165. The van der Waals surface area contributed by atoms with Gasteiger partial charge >= 0.3 is 0 Å². The van der Waals surface area contributed by atoms with Crippen LogP contribution >= 0.6 is 0 Å². The maximum atomic E-state index is 13.5. The highest BCUT2D eigenvalue weighted by molar-refractivity contribution is 5.53. The largest absolute Gasteiger partial charge is 0.372 e. The molecule has 1 aromatic carbocycles. The van der Waals surface area contributed by atoms with E-state index in [9.17, 15) is 4.39 Å². The fourth-order valence-electron chi connectivity index (χ4n) is 2.08. The smallest absolute Gasteiger partial charge is 0.123 e. The van der Waals surface area contributed by atoms with Gasteiger partial charge in [0.25, 0.3) is 0 Å². The first kappa shape index (κ1) is 16.0. The minimum absolute atomic E-state index is 0.0331. The van der Waals surface area contributed by atoms with Gasteiger partial charge in [0.05, 0.1) is 0 Å². The molecule has 1 N–H and O–H groups in total. The first-order valence-electron chi connectivity index (χ1n) is 7.15. The quantitative estimate of drug-likeness (QED) is 0.838. The number of nitrogens with one attached hydrogen (secondary N) is 1. The molecule has 108 valence electrons. The summed E-state index contributed by atoms with van der Waals surface area (Å²) in [6, 6.07) is 5.09. The Kier molecular flexibility index (Phi) is 5.80. The van der Waals surface area contributed by atoms with Crippen LogP contribution in [0.2, 0.25) is 0 Å². The molecular weight excluding hydrogens is 239 g/mol. The highest BCUT2D eigenvalue weighted by Crippen LogP contribution is 2.22. The van der Waals surface area contributed by atoms with Gasteiger partial charge in [-0.05, 0) is 57.9 Å². The third-order valence-corrected chi connectivity index (χ3v) is 3.07. The zero-order chi connectivity index (χ0) is 14.5. The maximum Gasteiger partial charge on any atom is 0.123 e. The third kappa shape index (κ3) is 5.19. The van der Waals surface area contributed by atoms with Crippen LogP contribution in [0.25, 0.3) is 0 Å². The number of anilines is 1. The lowest BCUT2D eigenvalue weighted by atomic mass is 10.1. The van der Waals surface area contributed by atoms with Gasteiger partial charge in [0.1, 0.15) is 5.82 Å². The predicted octanol–water partition coefficient (Wildman–Crippen LogP) is 3.95. The molecule has 0 aliphatic carbocycles. The molecule has 0 fully saturated rings. The van der Waals surface area contributed by atoms with Crippen LogP contribution < -0.4 is 10.2 Å². The number of halogens is 1. The Labute approximate surface area is 117 Å². The van der Waals surface area contributed by atoms with Gasteiger partial charge in [-0.2, -0.15) is 0 Å². The van der Waals surface area contributed by atoms with Crippen LogP contribution in [-0.2, 0) is 6.54 Å². The summed E-state index contributed by atoms with van der Waals surface area (Å²) in [7, 11) is 0. The predicted molar refractivity (Wildman–Crippen MR) is 81.2 cm³/mol. The Bertz CT molecular complexity index is 396. The Morgan fingerprint density at radius 3 is 2.42 bits per heavy atom. The fourth-order valence-corrected chi connectivity index (χ4v) is 2.08. The lowest BCUT2D eigenvalue weighted by Gasteiger charge is -2.27. The lowest BCUT2D eigenvalue weighted by molar-refractivity contribution is 0.423. The molecule has 0 aromatic heterocycles. The van der Waals surface area contributed by atoms with E-state index in [1.807, 2.05) is 6.07 Å². The van der Waals surface area contributed by atoms with Crippen molar-refractivity contribution in [2.45, 2.75) is 53.1 Å². The van der Waals surface area contributed by atoms with Gasteiger partial charge in [-0.1, -0.05) is 6.92 Å². The second kappa shape index (κ2) is 6.90. The van der Waals surface area contributed by atoms with Crippen molar-refractivity contribution in [1.29, 1.82) is 0 Å². The molecule has 0 unspecified atom stereocenters. The maximum absolute atomic E-state index is 13.5. The minimum Gasteiger partial charge on any atom is -0.372 e. The van der Waals surface area contributed by atoms with Crippen LogP contribution in [0, 0.1) is 5.82 Å². The van der Waals surface area contributed by atoms with E-state index >= 15 is 0 Å². The van der Waals surface area contributed by atoms with E-state index in [2.05, 4.69) is 44.8 Å². The summed E-state index contributed by atoms with van der Waals surface area (Å²) in [5.74, 6) is -0.165. The van der Waals surface area contributed by atoms with E-state index in [0.29, 0.717) is 6.54 Å². The summed E-state index contributed by atoms with van der Waals surface area (Å²) in [5.41, 5.74) is 2.21. The second-order valence-corrected chi connectivity index (χ2v) is 5.96. The number of hydrogen-bond donors (Lipinski definition) is 1. The van der Waals surface area contributed by atoms with Gasteiger partial charge in [-0.15, -0.1) is 0 Å². The van der Waals surface area contributed by atoms with Gasteiger partial charge in [0.15, 0.2) is 0 Å². The Balaban J connectivity index is 2.96. The SMILES string of the molecule is CCCN(CC)c1ccc(F)cc1CNC(C)(C)C. The first-order valence-corrected chi connectivity index (χ1v) is 7.15. The summed E-state index contributed by atoms with van der Waals surface area (Å²) in [6.45, 7) is 13.3. The molecule has 1 aromatic rings. The standard InChI is InChI=1S/C16H27FN2/c1-6-10-19(7-2)15-9-8-14(17)11-13(15)12-18-16(3,4)5/h8-9,11,18H,6-7,10,12H2,1-5H3. The molecule has 0 amide bonds. The van der Waals surface area contributed by atoms with E-state index < -0.39 is 0 Å². The molecule has 0 aliphatic rings. The van der Waals surface area contributed by atoms with Gasteiger partial charge in [0.2, 0.25) is 0 Å². The van der Waals surface area contributed by atoms with Crippen molar-refractivity contribution >= 4 is 5.69 Å². The Hall–Kier alpha value is -1.09. The molecule has 0 atom stereocenters. The highest BCUT2D eigenvalue weighted by atomic mass is 19.1. The van der Waals surface area contributed by atoms with Crippen molar-refractivity contribution in [3.63, 3.8) is 0 Å². The van der Waals surface area contributed by atoms with E-state index in [1.165, 1.54) is 0 Å². The van der Waals surface area contributed by atoms with E-state index in [4.69, 9.17) is 0 Å². The average molecular weight is 266 g/mol. The van der Waals surface area contributed by atoms with Gasteiger partial charge in [-0.3, -0.25) is 0 Å². The van der Waals surface area contributed by atoms with Crippen LogP contribution in [-0.4, -0.2) is 18.6 Å². The van der Waals surface area contributed by atoms with Crippen molar-refractivity contribution in [1.82, 2.24) is 5.32 Å². The number of benzene rings is 1. The molecule has 0 radical (unpaired) electrons. The van der Waals surface area contributed by atoms with E-state index in [0.717, 1.165) is 30.8 Å². The number of nitrogens with zero attached hydrogens (tertiary/aromatic N) is 1. The van der Waals surface area contributed by atoms with E-state index in [1.54, 1.807) is 12.1 Å². The van der Waals surface area contributed by atoms with E-state index in [-0.39, 0.29) is 11.4 Å². The first-order chi connectivity index (χ1) is 8.87. The average Bonchev–Trinajstić information content (AvgIpc) is 2.33. The molecule has 0 bridgehead atoms. The zero-order valence-electron chi connectivity index (χ0n) is 12.9. The van der Waals surface area contributed by atoms with Crippen LogP contribution in [0.5, 0.6) is 0 Å². The molecule has 3 heteroatoms. The molecule has 2 nitrogen and oxygen atoms in total. The van der Waals surface area contributed by atoms with Crippen molar-refractivity contribution in [2.75, 3.05) is 18.0 Å². The van der Waals surface area contributed by atoms with Crippen LogP contribution in [0.4, 0.5) is 10.1 Å². The monoisotopic (exact) mass is 266 g/mol. The van der Waals surface area contributed by atoms with Crippen LogP contribution in [0.1, 0.15) is 46.6 Å². The highest BCUT2D eigenvalue weighted by Gasteiger charge is 2.13. The summed E-state index contributed by atoms with van der Waals surface area (Å²) < 4.78 is 13.5. The second-order valence-electron chi connectivity index (χ2n) is 5.96. The molecule has 0 saturated heterocycles. The molecule has 0 aliphatic heterocycles. The molecular formula is C16H27FN2. The molecule has 1 rings (SSSR count). The van der Waals surface area contributed by atoms with Gasteiger partial charge in [-0.25, -0.2) is 4.39 Å². The Morgan fingerprint density at radius 2 is 1.89 bits per heavy atom.